The molecule has 1 saturated carbocycles. The first kappa shape index (κ1) is 31.1. The number of ether oxygens (including phenoxy) is 4. The summed E-state index contributed by atoms with van der Waals surface area (Å²) in [6.45, 7) is 3.65. The number of alkyl halides is 2. The summed E-state index contributed by atoms with van der Waals surface area (Å²) in [4.78, 5) is 0. The fraction of sp³-hybridized carbons (Fsp3) is 0.613. The maximum absolute atomic E-state index is 14.8. The summed E-state index contributed by atoms with van der Waals surface area (Å²) in [7, 11) is 0. The van der Waals surface area contributed by atoms with Crippen molar-refractivity contribution in [3.63, 3.8) is 0 Å². The fourth-order valence-corrected chi connectivity index (χ4v) is 6.60. The minimum absolute atomic E-state index is 0.103. The van der Waals surface area contributed by atoms with Crippen LogP contribution < -0.4 is 4.74 Å². The number of rotatable bonds is 8. The van der Waals surface area contributed by atoms with Crippen LogP contribution in [0.2, 0.25) is 0 Å². The number of benzene rings is 2. The van der Waals surface area contributed by atoms with E-state index in [1.807, 2.05) is 0 Å². The zero-order valence-electron chi connectivity index (χ0n) is 23.3. The van der Waals surface area contributed by atoms with Crippen LogP contribution >= 0.6 is 0 Å². The van der Waals surface area contributed by atoms with Gasteiger partial charge >= 0.3 is 6.11 Å². The third-order valence-electron chi connectivity index (χ3n) is 8.87. The van der Waals surface area contributed by atoms with Gasteiger partial charge in [0.1, 0.15) is 22.9 Å². The molecule has 2 aromatic carbocycles. The monoisotopic (exact) mass is 604 g/mol. The van der Waals surface area contributed by atoms with E-state index in [-0.39, 0.29) is 23.6 Å². The van der Waals surface area contributed by atoms with Gasteiger partial charge in [0.05, 0.1) is 19.3 Å². The van der Waals surface area contributed by atoms with Crippen LogP contribution in [0.25, 0.3) is 0 Å². The molecule has 4 nitrogen and oxygen atoms in total. The van der Waals surface area contributed by atoms with Crippen LogP contribution in [0.4, 0.5) is 30.7 Å². The quantitative estimate of drug-likeness (QED) is 0.224. The van der Waals surface area contributed by atoms with E-state index in [0.29, 0.717) is 49.2 Å². The van der Waals surface area contributed by atoms with Gasteiger partial charge in [0.2, 0.25) is 0 Å². The maximum Gasteiger partial charge on any atom is 0.432 e. The predicted octanol–water partition coefficient (Wildman–Crippen LogP) is 8.57. The van der Waals surface area contributed by atoms with Crippen molar-refractivity contribution in [1.82, 2.24) is 0 Å². The molecule has 0 N–H and O–H groups in total. The fourth-order valence-electron chi connectivity index (χ4n) is 6.60. The first-order valence-electron chi connectivity index (χ1n) is 14.6. The van der Waals surface area contributed by atoms with Crippen molar-refractivity contribution in [2.45, 2.75) is 76.8 Å². The summed E-state index contributed by atoms with van der Waals surface area (Å²) < 4.78 is 121. The van der Waals surface area contributed by atoms with Gasteiger partial charge in [0, 0.05) is 30.2 Å². The Hall–Kier alpha value is -2.37. The van der Waals surface area contributed by atoms with E-state index >= 15 is 0 Å². The van der Waals surface area contributed by atoms with Crippen molar-refractivity contribution >= 4 is 0 Å². The molecule has 0 spiro atoms. The lowest BCUT2D eigenvalue weighted by Gasteiger charge is -2.41. The molecule has 42 heavy (non-hydrogen) atoms. The van der Waals surface area contributed by atoms with E-state index in [4.69, 9.17) is 14.2 Å². The van der Waals surface area contributed by atoms with Gasteiger partial charge in [-0.1, -0.05) is 13.3 Å². The van der Waals surface area contributed by atoms with Gasteiger partial charge in [0.25, 0.3) is 0 Å². The summed E-state index contributed by atoms with van der Waals surface area (Å²) in [5.41, 5.74) is -1.91. The first-order valence-corrected chi connectivity index (χ1v) is 14.6. The molecule has 3 aliphatic rings. The predicted molar refractivity (Wildman–Crippen MR) is 138 cm³/mol. The summed E-state index contributed by atoms with van der Waals surface area (Å²) >= 11 is 0. The largest absolute Gasteiger partial charge is 0.432 e. The topological polar surface area (TPSA) is 36.9 Å². The van der Waals surface area contributed by atoms with E-state index in [1.54, 1.807) is 0 Å². The van der Waals surface area contributed by atoms with Gasteiger partial charge in [-0.15, -0.1) is 0 Å². The molecular weight excluding hydrogens is 569 g/mol. The Labute approximate surface area is 240 Å². The Balaban J connectivity index is 1.15. The Morgan fingerprint density at radius 1 is 0.714 bits per heavy atom. The molecule has 232 valence electrons. The van der Waals surface area contributed by atoms with Gasteiger partial charge in [-0.05, 0) is 74.8 Å². The molecule has 0 aromatic heterocycles. The molecule has 0 amide bonds. The lowest BCUT2D eigenvalue weighted by Crippen LogP contribution is -2.38. The molecule has 2 unspecified atom stereocenters. The SMILES string of the molecule is CCCC1CCC(C2CCC(C3COC(c4cc(F)c(C(F)(F)Oc5cc(F)c(F)c(F)c5)c(F)c4)OC3)CC2)OC1. The molecule has 2 heterocycles. The van der Waals surface area contributed by atoms with Crippen LogP contribution in [-0.4, -0.2) is 25.9 Å². The average Bonchev–Trinajstić information content (AvgIpc) is 2.96. The second-order valence-electron chi connectivity index (χ2n) is 11.7. The van der Waals surface area contributed by atoms with Crippen LogP contribution in [-0.2, 0) is 20.3 Å². The van der Waals surface area contributed by atoms with E-state index in [9.17, 15) is 30.7 Å². The van der Waals surface area contributed by atoms with Gasteiger partial charge in [-0.25, -0.2) is 22.0 Å². The lowest BCUT2D eigenvalue weighted by molar-refractivity contribution is -0.215. The molecule has 2 atom stereocenters. The van der Waals surface area contributed by atoms with Crippen molar-refractivity contribution < 1.29 is 49.7 Å². The third-order valence-corrected chi connectivity index (χ3v) is 8.87. The molecule has 2 aromatic rings. The second-order valence-corrected chi connectivity index (χ2v) is 11.7. The Morgan fingerprint density at radius 3 is 1.86 bits per heavy atom. The number of halogens is 7. The molecule has 5 rings (SSSR count). The van der Waals surface area contributed by atoms with Crippen LogP contribution in [0.5, 0.6) is 5.75 Å². The van der Waals surface area contributed by atoms with Crippen molar-refractivity contribution in [1.29, 1.82) is 0 Å². The normalized spacial score (nSPS) is 29.0. The Bertz CT molecular complexity index is 1170. The van der Waals surface area contributed by atoms with E-state index in [0.717, 1.165) is 38.7 Å². The van der Waals surface area contributed by atoms with Gasteiger partial charge in [-0.3, -0.25) is 0 Å². The highest BCUT2D eigenvalue weighted by Crippen LogP contribution is 2.42. The molecule has 1 aliphatic carbocycles. The molecule has 2 aliphatic heterocycles. The molecule has 0 radical (unpaired) electrons. The van der Waals surface area contributed by atoms with Crippen LogP contribution in [0, 0.1) is 52.8 Å². The lowest BCUT2D eigenvalue weighted by atomic mass is 9.73. The number of hydrogen-bond donors (Lipinski definition) is 0. The summed E-state index contributed by atoms with van der Waals surface area (Å²) in [6.07, 6.45) is 3.41. The van der Waals surface area contributed by atoms with E-state index < -0.39 is 52.8 Å². The summed E-state index contributed by atoms with van der Waals surface area (Å²) in [6, 6.07) is 1.59. The van der Waals surface area contributed by atoms with Crippen molar-refractivity contribution in [2.75, 3.05) is 19.8 Å². The maximum atomic E-state index is 14.8. The molecule has 11 heteroatoms. The Kier molecular flexibility index (Phi) is 9.69. The molecule has 3 fully saturated rings. The third kappa shape index (κ3) is 6.89. The van der Waals surface area contributed by atoms with Crippen LogP contribution in [0.15, 0.2) is 24.3 Å². The van der Waals surface area contributed by atoms with Crippen molar-refractivity contribution in [3.8, 4) is 5.75 Å². The van der Waals surface area contributed by atoms with Crippen LogP contribution in [0.3, 0.4) is 0 Å². The zero-order chi connectivity index (χ0) is 30.0. The highest BCUT2D eigenvalue weighted by molar-refractivity contribution is 5.32. The molecule has 0 bridgehead atoms. The van der Waals surface area contributed by atoms with Gasteiger partial charge in [-0.2, -0.15) is 8.78 Å². The smallest absolute Gasteiger partial charge is 0.429 e. The second kappa shape index (κ2) is 13.1. The molecular formula is C31H35F7O4. The van der Waals surface area contributed by atoms with Crippen molar-refractivity contribution in [2.24, 2.45) is 23.7 Å². The zero-order valence-corrected chi connectivity index (χ0v) is 23.3. The Morgan fingerprint density at radius 2 is 1.31 bits per heavy atom. The first-order chi connectivity index (χ1) is 20.1. The minimum Gasteiger partial charge on any atom is -0.429 e. The summed E-state index contributed by atoms with van der Waals surface area (Å²) in [5.74, 6) is -8.27. The van der Waals surface area contributed by atoms with E-state index in [2.05, 4.69) is 11.7 Å². The standard InChI is InChI=1S/C31H35F7O4/c1-2-3-17-4-9-27(39-14-17)19-7-5-18(6-8-19)21-15-40-30(41-16-21)20-10-23(32)28(24(33)11-20)31(37,38)42-22-12-25(34)29(36)26(35)13-22/h10-13,17-19,21,27,30H,2-9,14-16H2,1H3. The number of hydrogen-bond acceptors (Lipinski definition) is 4. The minimum atomic E-state index is -4.67. The summed E-state index contributed by atoms with van der Waals surface area (Å²) in [5, 5.41) is 0. The average molecular weight is 605 g/mol. The van der Waals surface area contributed by atoms with Crippen molar-refractivity contribution in [3.05, 3.63) is 64.5 Å². The van der Waals surface area contributed by atoms with Gasteiger partial charge in [0.15, 0.2) is 23.7 Å². The molecule has 2 saturated heterocycles. The highest BCUT2D eigenvalue weighted by Gasteiger charge is 2.42. The highest BCUT2D eigenvalue weighted by atomic mass is 19.3. The van der Waals surface area contributed by atoms with Crippen LogP contribution in [0.1, 0.15) is 75.7 Å². The van der Waals surface area contributed by atoms with E-state index in [1.165, 1.54) is 19.3 Å². The van der Waals surface area contributed by atoms with Gasteiger partial charge < -0.3 is 18.9 Å².